The zero-order chi connectivity index (χ0) is 14.6. The lowest BCUT2D eigenvalue weighted by Gasteiger charge is -2.50. The minimum atomic E-state index is -0.998. The van der Waals surface area contributed by atoms with Crippen LogP contribution in [0.3, 0.4) is 0 Å². The van der Waals surface area contributed by atoms with Crippen molar-refractivity contribution in [3.63, 3.8) is 0 Å². The van der Waals surface area contributed by atoms with Gasteiger partial charge in [0.15, 0.2) is 5.41 Å². The lowest BCUT2D eigenvalue weighted by molar-refractivity contribution is -0.192. The lowest BCUT2D eigenvalue weighted by atomic mass is 9.57. The number of amides is 1. The van der Waals surface area contributed by atoms with E-state index in [0.717, 1.165) is 19.3 Å². The molecule has 2 fully saturated rings. The van der Waals surface area contributed by atoms with E-state index in [4.69, 9.17) is 4.74 Å². The molecule has 0 aromatic carbocycles. The molecule has 0 N–H and O–H groups in total. The smallest absolute Gasteiger partial charge is 0.322 e. The van der Waals surface area contributed by atoms with Crippen molar-refractivity contribution in [3.05, 3.63) is 12.3 Å². The first kappa shape index (κ1) is 13.7. The Kier molecular flexibility index (Phi) is 2.79. The van der Waals surface area contributed by atoms with Gasteiger partial charge in [-0.3, -0.25) is 9.59 Å². The van der Waals surface area contributed by atoms with Crippen molar-refractivity contribution in [1.29, 1.82) is 0 Å². The maximum atomic E-state index is 13.1. The Morgan fingerprint density at radius 1 is 1.30 bits per heavy atom. The van der Waals surface area contributed by atoms with Crippen molar-refractivity contribution in [2.75, 3.05) is 13.2 Å². The summed E-state index contributed by atoms with van der Waals surface area (Å²) in [6.45, 7) is 7.40. The van der Waals surface area contributed by atoms with Gasteiger partial charge < -0.3 is 9.64 Å². The quantitative estimate of drug-likeness (QED) is 0.546. The van der Waals surface area contributed by atoms with E-state index in [2.05, 4.69) is 20.8 Å². The van der Waals surface area contributed by atoms with E-state index in [1.807, 2.05) is 12.3 Å². The van der Waals surface area contributed by atoms with E-state index in [-0.39, 0.29) is 22.7 Å². The second kappa shape index (κ2) is 4.09. The van der Waals surface area contributed by atoms with Crippen LogP contribution < -0.4 is 0 Å². The number of carbonyl (C=O) groups excluding carboxylic acids is 2. The molecule has 4 nitrogen and oxygen atoms in total. The lowest BCUT2D eigenvalue weighted by Crippen LogP contribution is -2.60. The highest BCUT2D eigenvalue weighted by Gasteiger charge is 2.72. The molecule has 0 aromatic rings. The van der Waals surface area contributed by atoms with E-state index in [1.54, 1.807) is 4.90 Å². The number of carbonyl (C=O) groups is 2. The van der Waals surface area contributed by atoms with Crippen LogP contribution in [0.5, 0.6) is 0 Å². The highest BCUT2D eigenvalue weighted by atomic mass is 16.5. The van der Waals surface area contributed by atoms with Crippen LogP contribution in [0.4, 0.5) is 0 Å². The van der Waals surface area contributed by atoms with E-state index in [0.29, 0.717) is 19.6 Å². The summed E-state index contributed by atoms with van der Waals surface area (Å²) in [4.78, 5) is 27.3. The molecule has 0 radical (unpaired) electrons. The zero-order valence-electron chi connectivity index (χ0n) is 12.6. The first-order valence-electron chi connectivity index (χ1n) is 7.50. The number of fused-ring (bicyclic) bond motifs is 2. The fourth-order valence-electron chi connectivity index (χ4n) is 4.09. The first-order valence-corrected chi connectivity index (χ1v) is 7.50. The molecule has 20 heavy (non-hydrogen) atoms. The van der Waals surface area contributed by atoms with Crippen LogP contribution >= 0.6 is 0 Å². The highest BCUT2D eigenvalue weighted by molar-refractivity contribution is 6.05. The average Bonchev–Trinajstić information content (AvgIpc) is 2.56. The molecule has 1 saturated heterocycles. The molecule has 1 saturated carbocycles. The van der Waals surface area contributed by atoms with Crippen molar-refractivity contribution in [2.24, 2.45) is 16.2 Å². The number of cyclic esters (lactones) is 1. The third kappa shape index (κ3) is 1.42. The SMILES string of the molecule is CC12CCC(C(=O)N3C=CCCC3)(C(=O)OC1)C2(C)C. The van der Waals surface area contributed by atoms with Gasteiger partial charge in [-0.25, -0.2) is 0 Å². The zero-order valence-corrected chi connectivity index (χ0v) is 12.6. The number of esters is 1. The Balaban J connectivity index is 2.04. The van der Waals surface area contributed by atoms with Gasteiger partial charge in [0.05, 0.1) is 6.61 Å². The summed E-state index contributed by atoms with van der Waals surface area (Å²) in [6, 6.07) is 0. The molecule has 1 amide bonds. The maximum Gasteiger partial charge on any atom is 0.322 e. The van der Waals surface area contributed by atoms with Gasteiger partial charge in [0.2, 0.25) is 5.91 Å². The molecule has 110 valence electrons. The normalized spacial score (nSPS) is 38.8. The minimum absolute atomic E-state index is 0.0631. The monoisotopic (exact) mass is 277 g/mol. The summed E-state index contributed by atoms with van der Waals surface area (Å²) >= 11 is 0. The molecule has 2 bridgehead atoms. The number of hydrogen-bond acceptors (Lipinski definition) is 3. The van der Waals surface area contributed by atoms with Crippen LogP contribution in [-0.2, 0) is 14.3 Å². The van der Waals surface area contributed by atoms with Crippen molar-refractivity contribution < 1.29 is 14.3 Å². The Morgan fingerprint density at radius 3 is 2.70 bits per heavy atom. The van der Waals surface area contributed by atoms with Gasteiger partial charge >= 0.3 is 5.97 Å². The molecule has 3 rings (SSSR count). The van der Waals surface area contributed by atoms with Crippen LogP contribution in [-0.4, -0.2) is 29.9 Å². The van der Waals surface area contributed by atoms with Crippen molar-refractivity contribution >= 4 is 11.9 Å². The van der Waals surface area contributed by atoms with E-state index in [1.165, 1.54) is 0 Å². The summed E-state index contributed by atoms with van der Waals surface area (Å²) in [5.41, 5.74) is -1.46. The molecule has 4 heteroatoms. The van der Waals surface area contributed by atoms with E-state index < -0.39 is 5.41 Å². The van der Waals surface area contributed by atoms with Crippen molar-refractivity contribution in [1.82, 2.24) is 4.90 Å². The predicted molar refractivity (Wildman–Crippen MR) is 74.6 cm³/mol. The van der Waals surface area contributed by atoms with Gasteiger partial charge in [0.25, 0.3) is 0 Å². The number of rotatable bonds is 1. The summed E-state index contributed by atoms with van der Waals surface area (Å²) < 4.78 is 5.41. The molecular weight excluding hydrogens is 254 g/mol. The molecule has 0 aromatic heterocycles. The Bertz CT molecular complexity index is 496. The molecule has 2 aliphatic heterocycles. The average molecular weight is 277 g/mol. The predicted octanol–water partition coefficient (Wildman–Crippen LogP) is 2.49. The van der Waals surface area contributed by atoms with E-state index >= 15 is 0 Å². The van der Waals surface area contributed by atoms with Crippen LogP contribution in [0.1, 0.15) is 46.5 Å². The molecule has 3 aliphatic rings. The topological polar surface area (TPSA) is 46.6 Å². The molecule has 1 aliphatic carbocycles. The Hall–Kier alpha value is -1.32. The third-order valence-electron chi connectivity index (χ3n) is 6.18. The van der Waals surface area contributed by atoms with Crippen LogP contribution in [0.25, 0.3) is 0 Å². The fourth-order valence-corrected chi connectivity index (χ4v) is 4.09. The van der Waals surface area contributed by atoms with Gasteiger partial charge in [-0.2, -0.15) is 0 Å². The molecule has 0 spiro atoms. The molecule has 2 atom stereocenters. The summed E-state index contributed by atoms with van der Waals surface area (Å²) in [5, 5.41) is 0. The number of hydrogen-bond donors (Lipinski definition) is 0. The second-order valence-corrected chi connectivity index (χ2v) is 7.19. The third-order valence-corrected chi connectivity index (χ3v) is 6.18. The summed E-state index contributed by atoms with van der Waals surface area (Å²) in [7, 11) is 0. The van der Waals surface area contributed by atoms with Crippen LogP contribution in [0, 0.1) is 16.2 Å². The number of ether oxygens (including phenoxy) is 1. The summed E-state index contributed by atoms with van der Waals surface area (Å²) in [6.07, 6.45) is 7.29. The number of allylic oxidation sites excluding steroid dienone is 1. The van der Waals surface area contributed by atoms with Gasteiger partial charge in [0, 0.05) is 18.2 Å². The standard InChI is InChI=1S/C16H23NO3/c1-14(2)15(3)7-8-16(14,13(19)20-11-15)12(18)17-9-5-4-6-10-17/h5,9H,4,6-8,10-11H2,1-3H3. The molecule has 2 heterocycles. The largest absolute Gasteiger partial charge is 0.464 e. The van der Waals surface area contributed by atoms with Gasteiger partial charge in [0.1, 0.15) is 0 Å². The summed E-state index contributed by atoms with van der Waals surface area (Å²) in [5.74, 6) is -0.381. The maximum absolute atomic E-state index is 13.1. The highest BCUT2D eigenvalue weighted by Crippen LogP contribution is 2.66. The minimum Gasteiger partial charge on any atom is -0.464 e. The number of nitrogens with zero attached hydrogens (tertiary/aromatic N) is 1. The van der Waals surface area contributed by atoms with Crippen molar-refractivity contribution in [3.8, 4) is 0 Å². The van der Waals surface area contributed by atoms with E-state index in [9.17, 15) is 9.59 Å². The Labute approximate surface area is 120 Å². The molecular formula is C16H23NO3. The second-order valence-electron chi connectivity index (χ2n) is 7.19. The first-order chi connectivity index (χ1) is 9.35. The van der Waals surface area contributed by atoms with Gasteiger partial charge in [-0.15, -0.1) is 0 Å². The van der Waals surface area contributed by atoms with Gasteiger partial charge in [-0.05, 0) is 31.1 Å². The fraction of sp³-hybridized carbons (Fsp3) is 0.750. The van der Waals surface area contributed by atoms with Crippen molar-refractivity contribution in [2.45, 2.75) is 46.5 Å². The Morgan fingerprint density at radius 2 is 2.05 bits per heavy atom. The van der Waals surface area contributed by atoms with Crippen LogP contribution in [0.15, 0.2) is 12.3 Å². The molecule has 2 unspecified atom stereocenters. The van der Waals surface area contributed by atoms with Gasteiger partial charge in [-0.1, -0.05) is 26.8 Å². The van der Waals surface area contributed by atoms with Crippen LogP contribution in [0.2, 0.25) is 0 Å².